The van der Waals surface area contributed by atoms with Gasteiger partial charge in [0.2, 0.25) is 0 Å². The lowest BCUT2D eigenvalue weighted by atomic mass is 10.3. The minimum Gasteiger partial charge on any atom is -0.492 e. The average Bonchev–Trinajstić information content (AvgIpc) is 2.63. The molecule has 0 aromatic heterocycles. The summed E-state index contributed by atoms with van der Waals surface area (Å²) in [5.74, 6) is -0.126. The van der Waals surface area contributed by atoms with Gasteiger partial charge in [-0.3, -0.25) is 9.59 Å². The maximum atomic E-state index is 13.1. The highest BCUT2D eigenvalue weighted by Crippen LogP contribution is 2.15. The van der Waals surface area contributed by atoms with Crippen molar-refractivity contribution >= 4 is 29.1 Å². The number of halogens is 2. The van der Waals surface area contributed by atoms with Gasteiger partial charge in [-0.15, -0.1) is 0 Å². The number of nitrogens with one attached hydrogen (secondary N) is 2. The molecule has 8 heteroatoms. The van der Waals surface area contributed by atoms with Gasteiger partial charge in [-0.25, -0.2) is 4.39 Å². The standard InChI is InChI=1S/C20H23ClFN3O3/c1-24(13-19(26)23-17-5-3-4-16(22)12-17)14-20(27)25(2)10-11-28-18-8-6-15(21)7-9-18/h3-9,12H,10-11,13-14H2,1-2H3,(H,23,26)/p+1. The lowest BCUT2D eigenvalue weighted by Crippen LogP contribution is -3.11. The van der Waals surface area contributed by atoms with Crippen LogP contribution in [0.4, 0.5) is 10.1 Å². The van der Waals surface area contributed by atoms with E-state index in [1.807, 2.05) is 0 Å². The molecular weight excluding hydrogens is 385 g/mol. The molecular formula is C20H24ClFN3O3+. The van der Waals surface area contributed by atoms with Gasteiger partial charge < -0.3 is 19.9 Å². The second-order valence-electron chi connectivity index (χ2n) is 6.49. The zero-order valence-electron chi connectivity index (χ0n) is 15.9. The second kappa shape index (κ2) is 10.6. The molecule has 0 heterocycles. The van der Waals surface area contributed by atoms with E-state index in [2.05, 4.69) is 5.32 Å². The van der Waals surface area contributed by atoms with Gasteiger partial charge in [-0.1, -0.05) is 17.7 Å². The van der Waals surface area contributed by atoms with Crippen molar-refractivity contribution in [1.29, 1.82) is 0 Å². The Hall–Kier alpha value is -2.64. The van der Waals surface area contributed by atoms with Crippen molar-refractivity contribution in [2.75, 3.05) is 45.7 Å². The Kier molecular flexibility index (Phi) is 8.22. The number of carbonyl (C=O) groups is 2. The number of likely N-dealkylation sites (N-methyl/N-ethyl adjacent to an activating group) is 2. The predicted molar refractivity (Wildman–Crippen MR) is 106 cm³/mol. The molecule has 28 heavy (non-hydrogen) atoms. The van der Waals surface area contributed by atoms with Crippen molar-refractivity contribution in [3.8, 4) is 5.75 Å². The Morgan fingerprint density at radius 1 is 1.18 bits per heavy atom. The summed E-state index contributed by atoms with van der Waals surface area (Å²) in [5.41, 5.74) is 0.389. The normalized spacial score (nSPS) is 11.6. The molecule has 2 rings (SSSR count). The summed E-state index contributed by atoms with van der Waals surface area (Å²) in [6, 6.07) is 12.7. The molecule has 0 saturated heterocycles. The number of benzene rings is 2. The number of nitrogens with zero attached hydrogens (tertiary/aromatic N) is 1. The van der Waals surface area contributed by atoms with Gasteiger partial charge in [0.25, 0.3) is 11.8 Å². The third kappa shape index (κ3) is 7.54. The number of ether oxygens (including phenoxy) is 1. The molecule has 0 fully saturated rings. The van der Waals surface area contributed by atoms with E-state index < -0.39 is 5.82 Å². The molecule has 1 unspecified atom stereocenters. The topological polar surface area (TPSA) is 63.1 Å². The fourth-order valence-electron chi connectivity index (χ4n) is 2.46. The summed E-state index contributed by atoms with van der Waals surface area (Å²) >= 11 is 5.82. The molecule has 0 spiro atoms. The van der Waals surface area contributed by atoms with Gasteiger partial charge >= 0.3 is 0 Å². The van der Waals surface area contributed by atoms with E-state index in [-0.39, 0.29) is 24.9 Å². The van der Waals surface area contributed by atoms with E-state index in [9.17, 15) is 14.0 Å². The molecule has 0 aliphatic carbocycles. The van der Waals surface area contributed by atoms with Crippen molar-refractivity contribution in [1.82, 2.24) is 4.90 Å². The highest BCUT2D eigenvalue weighted by molar-refractivity contribution is 6.30. The van der Waals surface area contributed by atoms with E-state index in [1.54, 1.807) is 49.3 Å². The number of amides is 2. The first kappa shape index (κ1) is 21.7. The fraction of sp³-hybridized carbons (Fsp3) is 0.300. The number of rotatable bonds is 9. The van der Waals surface area contributed by atoms with Gasteiger partial charge in [0.05, 0.1) is 13.6 Å². The molecule has 0 bridgehead atoms. The van der Waals surface area contributed by atoms with Crippen molar-refractivity contribution in [2.24, 2.45) is 0 Å². The van der Waals surface area contributed by atoms with Crippen molar-refractivity contribution in [3.05, 3.63) is 59.4 Å². The monoisotopic (exact) mass is 408 g/mol. The van der Waals surface area contributed by atoms with Gasteiger partial charge in [-0.05, 0) is 42.5 Å². The molecule has 1 atom stereocenters. The van der Waals surface area contributed by atoms with E-state index >= 15 is 0 Å². The highest BCUT2D eigenvalue weighted by atomic mass is 35.5. The van der Waals surface area contributed by atoms with E-state index in [0.717, 1.165) is 4.90 Å². The predicted octanol–water partition coefficient (Wildman–Crippen LogP) is 1.47. The van der Waals surface area contributed by atoms with Crippen LogP contribution in [0.15, 0.2) is 48.5 Å². The Balaban J connectivity index is 1.70. The van der Waals surface area contributed by atoms with Crippen LogP contribution in [-0.4, -0.2) is 57.1 Å². The van der Waals surface area contributed by atoms with Crippen molar-refractivity contribution in [3.63, 3.8) is 0 Å². The fourth-order valence-corrected chi connectivity index (χ4v) is 2.58. The molecule has 0 radical (unpaired) electrons. The molecule has 2 N–H and O–H groups in total. The Morgan fingerprint density at radius 2 is 1.89 bits per heavy atom. The van der Waals surface area contributed by atoms with Crippen LogP contribution in [0, 0.1) is 5.82 Å². The lowest BCUT2D eigenvalue weighted by molar-refractivity contribution is -0.862. The average molecular weight is 409 g/mol. The largest absolute Gasteiger partial charge is 0.492 e. The molecule has 2 aromatic carbocycles. The summed E-state index contributed by atoms with van der Waals surface area (Å²) in [6.07, 6.45) is 0. The number of hydrogen-bond donors (Lipinski definition) is 2. The van der Waals surface area contributed by atoms with E-state index in [4.69, 9.17) is 16.3 Å². The number of quaternary nitrogens is 1. The van der Waals surface area contributed by atoms with Crippen molar-refractivity contribution < 1.29 is 23.6 Å². The van der Waals surface area contributed by atoms with E-state index in [0.29, 0.717) is 29.6 Å². The third-order valence-corrected chi connectivity index (χ3v) is 4.21. The zero-order chi connectivity index (χ0) is 20.5. The Labute approximate surface area is 168 Å². The van der Waals surface area contributed by atoms with Crippen LogP contribution in [-0.2, 0) is 9.59 Å². The molecule has 6 nitrogen and oxygen atoms in total. The smallest absolute Gasteiger partial charge is 0.279 e. The lowest BCUT2D eigenvalue weighted by Gasteiger charge is -2.20. The summed E-state index contributed by atoms with van der Waals surface area (Å²) < 4.78 is 18.7. The molecule has 0 saturated carbocycles. The number of anilines is 1. The molecule has 2 amide bonds. The van der Waals surface area contributed by atoms with Crippen LogP contribution in [0.2, 0.25) is 5.02 Å². The quantitative estimate of drug-likeness (QED) is 0.660. The molecule has 150 valence electrons. The van der Waals surface area contributed by atoms with Crippen LogP contribution >= 0.6 is 11.6 Å². The minimum atomic E-state index is -0.420. The van der Waals surface area contributed by atoms with Crippen LogP contribution in [0.5, 0.6) is 5.75 Å². The van der Waals surface area contributed by atoms with Gasteiger partial charge in [0, 0.05) is 17.8 Å². The summed E-state index contributed by atoms with van der Waals surface area (Å²) in [4.78, 5) is 26.6. The van der Waals surface area contributed by atoms with Crippen LogP contribution < -0.4 is 15.0 Å². The maximum absolute atomic E-state index is 13.1. The summed E-state index contributed by atoms with van der Waals surface area (Å²) in [7, 11) is 3.44. The van der Waals surface area contributed by atoms with E-state index in [1.165, 1.54) is 18.2 Å². The number of carbonyl (C=O) groups excluding carboxylic acids is 2. The summed E-state index contributed by atoms with van der Waals surface area (Å²) in [5, 5.41) is 3.25. The molecule has 2 aromatic rings. The Bertz CT molecular complexity index is 802. The molecule has 0 aliphatic heterocycles. The SMILES string of the molecule is CN(CCOc1ccc(Cl)cc1)C(=O)C[NH+](C)CC(=O)Nc1cccc(F)c1. The second-order valence-corrected chi connectivity index (χ2v) is 6.92. The van der Waals surface area contributed by atoms with Crippen molar-refractivity contribution in [2.45, 2.75) is 0 Å². The summed E-state index contributed by atoms with van der Waals surface area (Å²) in [6.45, 7) is 1.03. The zero-order valence-corrected chi connectivity index (χ0v) is 16.6. The number of hydrogen-bond acceptors (Lipinski definition) is 3. The molecule has 0 aliphatic rings. The maximum Gasteiger partial charge on any atom is 0.279 e. The first-order valence-corrected chi connectivity index (χ1v) is 9.20. The van der Waals surface area contributed by atoms with Gasteiger partial charge in [0.15, 0.2) is 13.1 Å². The Morgan fingerprint density at radius 3 is 2.57 bits per heavy atom. The first-order valence-electron chi connectivity index (χ1n) is 8.82. The van der Waals surface area contributed by atoms with Crippen LogP contribution in [0.1, 0.15) is 0 Å². The van der Waals surface area contributed by atoms with Crippen LogP contribution in [0.3, 0.4) is 0 Å². The highest BCUT2D eigenvalue weighted by Gasteiger charge is 2.17. The van der Waals surface area contributed by atoms with Crippen LogP contribution in [0.25, 0.3) is 0 Å². The third-order valence-electron chi connectivity index (χ3n) is 3.96. The van der Waals surface area contributed by atoms with Gasteiger partial charge in [0.1, 0.15) is 18.2 Å². The first-order chi connectivity index (χ1) is 13.3. The minimum absolute atomic E-state index is 0.0946. The van der Waals surface area contributed by atoms with Gasteiger partial charge in [-0.2, -0.15) is 0 Å².